The van der Waals surface area contributed by atoms with Gasteiger partial charge in [0.2, 0.25) is 0 Å². The predicted molar refractivity (Wildman–Crippen MR) is 62.5 cm³/mol. The smallest absolute Gasteiger partial charge is 0.0243 e. The lowest BCUT2D eigenvalue weighted by Gasteiger charge is -2.34. The van der Waals surface area contributed by atoms with E-state index in [0.29, 0.717) is 12.1 Å². The molecule has 0 aromatic heterocycles. The van der Waals surface area contributed by atoms with E-state index in [0.717, 1.165) is 18.5 Å². The van der Waals surface area contributed by atoms with Gasteiger partial charge in [-0.25, -0.2) is 0 Å². The minimum Gasteiger partial charge on any atom is -0.312 e. The van der Waals surface area contributed by atoms with E-state index < -0.39 is 0 Å². The Morgan fingerprint density at radius 2 is 1.79 bits per heavy atom. The second-order valence-corrected chi connectivity index (χ2v) is 5.25. The van der Waals surface area contributed by atoms with Crippen LogP contribution in [0.3, 0.4) is 0 Å². The van der Waals surface area contributed by atoms with Crippen LogP contribution < -0.4 is 5.32 Å². The van der Waals surface area contributed by atoms with Gasteiger partial charge in [-0.1, -0.05) is 13.8 Å². The molecule has 84 valence electrons. The summed E-state index contributed by atoms with van der Waals surface area (Å²) in [6.07, 6.45) is 2.77. The van der Waals surface area contributed by atoms with Gasteiger partial charge in [0.1, 0.15) is 0 Å². The summed E-state index contributed by atoms with van der Waals surface area (Å²) >= 11 is 0. The first-order valence-electron chi connectivity index (χ1n) is 5.97. The lowest BCUT2D eigenvalue weighted by atomic mass is 10.0. The van der Waals surface area contributed by atoms with Crippen LogP contribution in [-0.2, 0) is 0 Å². The third kappa shape index (κ3) is 3.58. The number of hydrogen-bond donors (Lipinski definition) is 1. The van der Waals surface area contributed by atoms with Crippen molar-refractivity contribution in [3.63, 3.8) is 0 Å². The van der Waals surface area contributed by atoms with Crippen molar-refractivity contribution in [1.82, 2.24) is 10.2 Å². The Bertz CT molecular complexity index is 162. The summed E-state index contributed by atoms with van der Waals surface area (Å²) in [7, 11) is 2.24. The average Bonchev–Trinajstić information content (AvgIpc) is 2.87. The van der Waals surface area contributed by atoms with Crippen molar-refractivity contribution < 1.29 is 0 Å². The monoisotopic (exact) mass is 198 g/mol. The highest BCUT2D eigenvalue weighted by Crippen LogP contribution is 2.20. The van der Waals surface area contributed by atoms with Gasteiger partial charge in [0.15, 0.2) is 0 Å². The topological polar surface area (TPSA) is 15.3 Å². The summed E-state index contributed by atoms with van der Waals surface area (Å²) in [6, 6.07) is 2.15. The Morgan fingerprint density at radius 3 is 2.14 bits per heavy atom. The van der Waals surface area contributed by atoms with Crippen LogP contribution in [0.25, 0.3) is 0 Å². The summed E-state index contributed by atoms with van der Waals surface area (Å²) in [5.74, 6) is 0.730. The van der Waals surface area contributed by atoms with Gasteiger partial charge >= 0.3 is 0 Å². The molecule has 0 aromatic rings. The molecule has 0 heterocycles. The second-order valence-electron chi connectivity index (χ2n) is 5.25. The maximum absolute atomic E-state index is 3.63. The molecule has 0 bridgehead atoms. The van der Waals surface area contributed by atoms with Crippen LogP contribution in [0.4, 0.5) is 0 Å². The van der Waals surface area contributed by atoms with Crippen molar-refractivity contribution in [3.05, 3.63) is 0 Å². The molecule has 0 radical (unpaired) electrons. The molecule has 0 spiro atoms. The molecule has 1 fully saturated rings. The Hall–Kier alpha value is -0.0800. The van der Waals surface area contributed by atoms with E-state index in [1.165, 1.54) is 12.8 Å². The van der Waals surface area contributed by atoms with Gasteiger partial charge in [-0.05, 0) is 39.7 Å². The summed E-state index contributed by atoms with van der Waals surface area (Å²) in [5.41, 5.74) is 0. The Morgan fingerprint density at radius 1 is 1.21 bits per heavy atom. The highest BCUT2D eigenvalue weighted by atomic mass is 15.2. The number of hydrogen-bond acceptors (Lipinski definition) is 2. The fourth-order valence-electron chi connectivity index (χ4n) is 1.81. The van der Waals surface area contributed by atoms with E-state index in [4.69, 9.17) is 0 Å². The highest BCUT2D eigenvalue weighted by Gasteiger charge is 2.25. The van der Waals surface area contributed by atoms with Crippen molar-refractivity contribution in [2.75, 3.05) is 13.6 Å². The molecule has 0 aliphatic heterocycles. The average molecular weight is 198 g/mol. The fraction of sp³-hybridized carbons (Fsp3) is 1.00. The number of nitrogens with zero attached hydrogens (tertiary/aromatic N) is 1. The summed E-state index contributed by atoms with van der Waals surface area (Å²) in [4.78, 5) is 2.49. The van der Waals surface area contributed by atoms with Gasteiger partial charge in [0.25, 0.3) is 0 Å². The minimum atomic E-state index is 0.642. The Labute approximate surface area is 89.1 Å². The summed E-state index contributed by atoms with van der Waals surface area (Å²) in [6.45, 7) is 10.3. The van der Waals surface area contributed by atoms with E-state index in [9.17, 15) is 0 Å². The van der Waals surface area contributed by atoms with Crippen LogP contribution in [0, 0.1) is 5.92 Å². The van der Waals surface area contributed by atoms with Crippen molar-refractivity contribution in [2.24, 2.45) is 5.92 Å². The zero-order chi connectivity index (χ0) is 10.7. The molecule has 2 nitrogen and oxygen atoms in total. The molecule has 1 rings (SSSR count). The van der Waals surface area contributed by atoms with E-state index >= 15 is 0 Å². The van der Waals surface area contributed by atoms with Crippen molar-refractivity contribution in [3.8, 4) is 0 Å². The minimum absolute atomic E-state index is 0.642. The first kappa shape index (κ1) is 12.0. The van der Waals surface area contributed by atoms with Gasteiger partial charge in [-0.3, -0.25) is 4.90 Å². The summed E-state index contributed by atoms with van der Waals surface area (Å²) < 4.78 is 0. The largest absolute Gasteiger partial charge is 0.312 e. The molecular weight excluding hydrogens is 172 g/mol. The molecule has 14 heavy (non-hydrogen) atoms. The SMILES string of the molecule is CC(C)C(CNC1CC1)N(C)C(C)C. The van der Waals surface area contributed by atoms with E-state index in [-0.39, 0.29) is 0 Å². The van der Waals surface area contributed by atoms with Gasteiger partial charge in [-0.15, -0.1) is 0 Å². The molecule has 2 heteroatoms. The maximum Gasteiger partial charge on any atom is 0.0243 e. The van der Waals surface area contributed by atoms with Gasteiger partial charge in [0, 0.05) is 24.7 Å². The van der Waals surface area contributed by atoms with Crippen molar-refractivity contribution in [2.45, 2.75) is 58.7 Å². The zero-order valence-corrected chi connectivity index (χ0v) is 10.4. The molecule has 0 aromatic carbocycles. The standard InChI is InChI=1S/C12H26N2/c1-9(2)12(14(5)10(3)4)8-13-11-6-7-11/h9-13H,6-8H2,1-5H3. The zero-order valence-electron chi connectivity index (χ0n) is 10.4. The normalized spacial score (nSPS) is 19.7. The third-order valence-corrected chi connectivity index (χ3v) is 3.30. The van der Waals surface area contributed by atoms with Crippen LogP contribution >= 0.6 is 0 Å². The lowest BCUT2D eigenvalue weighted by molar-refractivity contribution is 0.150. The van der Waals surface area contributed by atoms with Gasteiger partial charge < -0.3 is 5.32 Å². The Balaban J connectivity index is 2.35. The van der Waals surface area contributed by atoms with Gasteiger partial charge in [-0.2, -0.15) is 0 Å². The van der Waals surface area contributed by atoms with E-state index in [1.54, 1.807) is 0 Å². The Kier molecular flexibility index (Phi) is 4.39. The first-order valence-corrected chi connectivity index (χ1v) is 5.97. The van der Waals surface area contributed by atoms with Crippen LogP contribution in [-0.4, -0.2) is 36.6 Å². The van der Waals surface area contributed by atoms with Crippen molar-refractivity contribution >= 4 is 0 Å². The van der Waals surface area contributed by atoms with Crippen LogP contribution in [0.2, 0.25) is 0 Å². The van der Waals surface area contributed by atoms with Crippen LogP contribution in [0.15, 0.2) is 0 Å². The molecular formula is C12H26N2. The molecule has 0 saturated heterocycles. The molecule has 1 unspecified atom stereocenters. The maximum atomic E-state index is 3.63. The molecule has 1 aliphatic rings. The number of rotatable bonds is 6. The van der Waals surface area contributed by atoms with E-state index in [2.05, 4.69) is 45.0 Å². The van der Waals surface area contributed by atoms with Gasteiger partial charge in [0.05, 0.1) is 0 Å². The van der Waals surface area contributed by atoms with E-state index in [1.807, 2.05) is 0 Å². The van der Waals surface area contributed by atoms with Crippen LogP contribution in [0.1, 0.15) is 40.5 Å². The molecule has 1 saturated carbocycles. The molecule has 0 amide bonds. The van der Waals surface area contributed by atoms with Crippen molar-refractivity contribution in [1.29, 1.82) is 0 Å². The predicted octanol–water partition coefficient (Wildman–Crippen LogP) is 2.10. The van der Waals surface area contributed by atoms with Crippen LogP contribution in [0.5, 0.6) is 0 Å². The molecule has 1 N–H and O–H groups in total. The number of likely N-dealkylation sites (N-methyl/N-ethyl adjacent to an activating group) is 1. The third-order valence-electron chi connectivity index (χ3n) is 3.30. The number of nitrogens with one attached hydrogen (secondary N) is 1. The summed E-state index contributed by atoms with van der Waals surface area (Å²) in [5, 5.41) is 3.63. The lowest BCUT2D eigenvalue weighted by Crippen LogP contribution is -2.47. The second kappa shape index (κ2) is 5.13. The quantitative estimate of drug-likeness (QED) is 0.703. The molecule has 1 atom stereocenters. The molecule has 1 aliphatic carbocycles. The fourth-order valence-corrected chi connectivity index (χ4v) is 1.81. The first-order chi connectivity index (χ1) is 6.52. The highest BCUT2D eigenvalue weighted by molar-refractivity contribution is 4.85.